The van der Waals surface area contributed by atoms with Crippen molar-refractivity contribution in [3.63, 3.8) is 0 Å². The molecule has 0 spiro atoms. The van der Waals surface area contributed by atoms with Crippen LogP contribution in [0.5, 0.6) is 11.5 Å². The molecule has 0 aliphatic heterocycles. The molecule has 0 aromatic heterocycles. The minimum absolute atomic E-state index is 0.0772. The van der Waals surface area contributed by atoms with Crippen LogP contribution in [0.2, 0.25) is 0 Å². The van der Waals surface area contributed by atoms with Crippen LogP contribution in [-0.4, -0.2) is 29.4 Å². The van der Waals surface area contributed by atoms with Crippen molar-refractivity contribution in [2.75, 3.05) is 7.11 Å². The first kappa shape index (κ1) is 15.5. The van der Waals surface area contributed by atoms with Gasteiger partial charge in [-0.05, 0) is 17.7 Å². The van der Waals surface area contributed by atoms with Gasteiger partial charge in [-0.15, -0.1) is 0 Å². The Hall–Kier alpha value is -2.86. The number of aliphatic hydroxyl groups is 1. The maximum atomic E-state index is 11.8. The largest absolute Gasteiger partial charge is 0.504 e. The van der Waals surface area contributed by atoms with Gasteiger partial charge < -0.3 is 14.9 Å². The maximum Gasteiger partial charge on any atom is 0.273 e. The minimum Gasteiger partial charge on any atom is -0.504 e. The average molecular weight is 300 g/mol. The number of benzene rings is 2. The second-order valence-corrected chi connectivity index (χ2v) is 4.45. The van der Waals surface area contributed by atoms with E-state index in [1.807, 2.05) is 0 Å². The van der Waals surface area contributed by atoms with E-state index in [0.717, 1.165) is 0 Å². The Balaban J connectivity index is 2.02. The number of ether oxygens (including phenoxy) is 1. The first-order valence-corrected chi connectivity index (χ1v) is 6.55. The summed E-state index contributed by atoms with van der Waals surface area (Å²) in [6.45, 7) is 0. The number of methoxy groups -OCH3 is 1. The summed E-state index contributed by atoms with van der Waals surface area (Å²) in [5, 5.41) is 23.5. The van der Waals surface area contributed by atoms with Gasteiger partial charge in [0.05, 0.1) is 13.3 Å². The fraction of sp³-hybridized carbons (Fsp3) is 0.125. The fourth-order valence-corrected chi connectivity index (χ4v) is 1.82. The first-order valence-electron chi connectivity index (χ1n) is 6.55. The molecule has 22 heavy (non-hydrogen) atoms. The highest BCUT2D eigenvalue weighted by Gasteiger charge is 2.16. The number of aromatic hydroxyl groups is 1. The number of nitrogens with one attached hydrogen (secondary N) is 1. The zero-order valence-corrected chi connectivity index (χ0v) is 11.9. The molecule has 1 atom stereocenters. The molecule has 2 aromatic rings. The van der Waals surface area contributed by atoms with Crippen molar-refractivity contribution in [3.05, 3.63) is 59.7 Å². The molecule has 0 unspecified atom stereocenters. The third-order valence-electron chi connectivity index (χ3n) is 2.99. The van der Waals surface area contributed by atoms with E-state index in [2.05, 4.69) is 10.5 Å². The van der Waals surface area contributed by atoms with E-state index in [1.54, 1.807) is 48.5 Å². The standard InChI is InChI=1S/C16H16N2O4/c1-22-13-9-5-8-12(14(13)19)10-17-18-16(21)15(20)11-6-3-2-4-7-11/h2-10,15,19-20H,1H3,(H,18,21)/b17-10-/t15-/m0/s1. The van der Waals surface area contributed by atoms with Crippen molar-refractivity contribution >= 4 is 12.1 Å². The zero-order chi connectivity index (χ0) is 15.9. The third-order valence-corrected chi connectivity index (χ3v) is 2.99. The van der Waals surface area contributed by atoms with Gasteiger partial charge in [-0.1, -0.05) is 36.4 Å². The van der Waals surface area contributed by atoms with E-state index in [9.17, 15) is 15.0 Å². The number of aliphatic hydroxyl groups excluding tert-OH is 1. The molecule has 2 aromatic carbocycles. The Morgan fingerprint density at radius 3 is 2.64 bits per heavy atom. The topological polar surface area (TPSA) is 91.2 Å². The van der Waals surface area contributed by atoms with Gasteiger partial charge in [0.2, 0.25) is 0 Å². The van der Waals surface area contributed by atoms with Crippen LogP contribution in [0.15, 0.2) is 53.6 Å². The maximum absolute atomic E-state index is 11.8. The highest BCUT2D eigenvalue weighted by Crippen LogP contribution is 2.27. The monoisotopic (exact) mass is 300 g/mol. The molecule has 0 heterocycles. The number of para-hydroxylation sites is 1. The summed E-state index contributed by atoms with van der Waals surface area (Å²) in [7, 11) is 1.44. The van der Waals surface area contributed by atoms with Gasteiger partial charge in [0, 0.05) is 5.56 Å². The number of nitrogens with zero attached hydrogens (tertiary/aromatic N) is 1. The number of amides is 1. The molecule has 1 amide bonds. The number of hydrogen-bond acceptors (Lipinski definition) is 5. The summed E-state index contributed by atoms with van der Waals surface area (Å²) < 4.78 is 4.97. The predicted octanol–water partition coefficient (Wildman–Crippen LogP) is 1.58. The van der Waals surface area contributed by atoms with Gasteiger partial charge in [-0.25, -0.2) is 5.43 Å². The van der Waals surface area contributed by atoms with Gasteiger partial charge in [-0.3, -0.25) is 4.79 Å². The van der Waals surface area contributed by atoms with Gasteiger partial charge in [0.25, 0.3) is 5.91 Å². The fourth-order valence-electron chi connectivity index (χ4n) is 1.82. The lowest BCUT2D eigenvalue weighted by Crippen LogP contribution is -2.25. The molecule has 3 N–H and O–H groups in total. The van der Waals surface area contributed by atoms with Gasteiger partial charge >= 0.3 is 0 Å². The van der Waals surface area contributed by atoms with Crippen molar-refractivity contribution < 1.29 is 19.7 Å². The van der Waals surface area contributed by atoms with Crippen molar-refractivity contribution in [2.24, 2.45) is 5.10 Å². The average Bonchev–Trinajstić information content (AvgIpc) is 2.56. The lowest BCUT2D eigenvalue weighted by Gasteiger charge is -2.08. The van der Waals surface area contributed by atoms with Crippen LogP contribution in [-0.2, 0) is 4.79 Å². The van der Waals surface area contributed by atoms with Gasteiger partial charge in [0.1, 0.15) is 0 Å². The normalized spacial score (nSPS) is 12.1. The third kappa shape index (κ3) is 3.62. The van der Waals surface area contributed by atoms with Crippen molar-refractivity contribution in [3.8, 4) is 11.5 Å². The molecule has 0 radical (unpaired) electrons. The van der Waals surface area contributed by atoms with Gasteiger partial charge in [-0.2, -0.15) is 5.10 Å². The summed E-state index contributed by atoms with van der Waals surface area (Å²) in [4.78, 5) is 11.8. The van der Waals surface area contributed by atoms with Crippen LogP contribution in [0.3, 0.4) is 0 Å². The van der Waals surface area contributed by atoms with E-state index in [1.165, 1.54) is 13.3 Å². The van der Waals surface area contributed by atoms with E-state index in [4.69, 9.17) is 4.74 Å². The van der Waals surface area contributed by atoms with Crippen molar-refractivity contribution in [2.45, 2.75) is 6.10 Å². The Morgan fingerprint density at radius 2 is 1.95 bits per heavy atom. The van der Waals surface area contributed by atoms with Crippen molar-refractivity contribution in [1.82, 2.24) is 5.43 Å². The number of hydrogen-bond donors (Lipinski definition) is 3. The number of rotatable bonds is 5. The molecular formula is C16H16N2O4. The highest BCUT2D eigenvalue weighted by molar-refractivity contribution is 5.87. The Morgan fingerprint density at radius 1 is 1.23 bits per heavy atom. The van der Waals surface area contributed by atoms with E-state index in [-0.39, 0.29) is 5.75 Å². The SMILES string of the molecule is COc1cccc(/C=N\NC(=O)[C@@H](O)c2ccccc2)c1O. The molecule has 2 rings (SSSR count). The smallest absolute Gasteiger partial charge is 0.273 e. The van der Waals surface area contributed by atoms with Crippen LogP contribution in [0.25, 0.3) is 0 Å². The minimum atomic E-state index is -1.31. The quantitative estimate of drug-likeness (QED) is 0.577. The van der Waals surface area contributed by atoms with Crippen LogP contribution >= 0.6 is 0 Å². The number of phenolic OH excluding ortho intramolecular Hbond substituents is 1. The van der Waals surface area contributed by atoms with E-state index in [0.29, 0.717) is 16.9 Å². The molecule has 6 heteroatoms. The summed E-state index contributed by atoms with van der Waals surface area (Å²) in [5.74, 6) is -0.434. The predicted molar refractivity (Wildman–Crippen MR) is 81.8 cm³/mol. The molecule has 114 valence electrons. The van der Waals surface area contributed by atoms with Crippen LogP contribution in [0.4, 0.5) is 0 Å². The van der Waals surface area contributed by atoms with Crippen LogP contribution in [0.1, 0.15) is 17.2 Å². The van der Waals surface area contributed by atoms with Crippen LogP contribution in [0, 0.1) is 0 Å². The molecule has 0 saturated carbocycles. The Kier molecular flexibility index (Phi) is 5.11. The number of carbonyl (C=O) groups excluding carboxylic acids is 1. The number of phenols is 1. The second kappa shape index (κ2) is 7.24. The lowest BCUT2D eigenvalue weighted by atomic mass is 10.1. The molecule has 0 aliphatic carbocycles. The second-order valence-electron chi connectivity index (χ2n) is 4.45. The van der Waals surface area contributed by atoms with Crippen LogP contribution < -0.4 is 10.2 Å². The summed E-state index contributed by atoms with van der Waals surface area (Å²) >= 11 is 0. The number of carbonyl (C=O) groups is 1. The molecular weight excluding hydrogens is 284 g/mol. The summed E-state index contributed by atoms with van der Waals surface area (Å²) in [6, 6.07) is 13.4. The van der Waals surface area contributed by atoms with E-state index >= 15 is 0 Å². The molecule has 0 aliphatic rings. The number of hydrazone groups is 1. The van der Waals surface area contributed by atoms with Crippen molar-refractivity contribution in [1.29, 1.82) is 0 Å². The molecule has 0 bridgehead atoms. The zero-order valence-electron chi connectivity index (χ0n) is 11.9. The molecule has 6 nitrogen and oxygen atoms in total. The first-order chi connectivity index (χ1) is 10.6. The summed E-state index contributed by atoms with van der Waals surface area (Å²) in [5.41, 5.74) is 3.08. The lowest BCUT2D eigenvalue weighted by molar-refractivity contribution is -0.129. The summed E-state index contributed by atoms with van der Waals surface area (Å²) in [6.07, 6.45) is -0.0368. The molecule has 0 saturated heterocycles. The molecule has 0 fully saturated rings. The van der Waals surface area contributed by atoms with Gasteiger partial charge in [0.15, 0.2) is 17.6 Å². The van der Waals surface area contributed by atoms with E-state index < -0.39 is 12.0 Å². The Bertz CT molecular complexity index is 671. The highest BCUT2D eigenvalue weighted by atomic mass is 16.5. The Labute approximate surface area is 127 Å².